The Kier molecular flexibility index (Phi) is 4.15. The quantitative estimate of drug-likeness (QED) is 0.730. The van der Waals surface area contributed by atoms with Crippen LogP contribution in [0, 0.1) is 0 Å². The maximum atomic E-state index is 5.21. The molecule has 0 saturated carbocycles. The zero-order valence-corrected chi connectivity index (χ0v) is 13.5. The van der Waals surface area contributed by atoms with Crippen molar-refractivity contribution >= 4 is 28.6 Å². The van der Waals surface area contributed by atoms with E-state index in [1.54, 1.807) is 25.2 Å². The number of anilines is 1. The number of H-pyrrole nitrogens is 1. The van der Waals surface area contributed by atoms with Gasteiger partial charge in [0.25, 0.3) is 0 Å². The van der Waals surface area contributed by atoms with Crippen LogP contribution in [0.5, 0.6) is 5.75 Å². The first kappa shape index (κ1) is 14.6. The summed E-state index contributed by atoms with van der Waals surface area (Å²) in [7, 11) is 5.58. The van der Waals surface area contributed by atoms with Gasteiger partial charge in [-0.2, -0.15) is 0 Å². The Morgan fingerprint density at radius 2 is 2.09 bits per heavy atom. The highest BCUT2D eigenvalue weighted by Gasteiger charge is 2.07. The number of fused-ring (bicyclic) bond motifs is 1. The largest absolute Gasteiger partial charge is 0.497 e. The van der Waals surface area contributed by atoms with E-state index in [1.807, 2.05) is 43.3 Å². The molecule has 6 nitrogen and oxygen atoms in total. The van der Waals surface area contributed by atoms with Crippen LogP contribution < -0.4 is 9.64 Å². The molecular weight excluding hydrogens is 298 g/mol. The summed E-state index contributed by atoms with van der Waals surface area (Å²) < 4.78 is 5.21. The van der Waals surface area contributed by atoms with Crippen molar-refractivity contribution in [2.45, 2.75) is 10.9 Å². The molecule has 3 rings (SSSR count). The van der Waals surface area contributed by atoms with Gasteiger partial charge >= 0.3 is 0 Å². The molecule has 0 aliphatic rings. The van der Waals surface area contributed by atoms with Gasteiger partial charge < -0.3 is 14.6 Å². The number of imidazole rings is 1. The molecule has 2 heterocycles. The summed E-state index contributed by atoms with van der Waals surface area (Å²) in [5.74, 6) is 2.45. The second kappa shape index (κ2) is 6.23. The lowest BCUT2D eigenvalue weighted by Crippen LogP contribution is -2.11. The van der Waals surface area contributed by atoms with E-state index in [-0.39, 0.29) is 0 Å². The SMILES string of the molecule is COc1ccc2[nH]c(SCc3cc(N(C)C)ncn3)nc2c1. The molecule has 1 aromatic carbocycles. The van der Waals surface area contributed by atoms with E-state index in [2.05, 4.69) is 19.9 Å². The second-order valence-corrected chi connectivity index (χ2v) is 5.94. The minimum Gasteiger partial charge on any atom is -0.497 e. The monoisotopic (exact) mass is 315 g/mol. The molecule has 0 fully saturated rings. The summed E-state index contributed by atoms with van der Waals surface area (Å²) >= 11 is 1.62. The molecule has 0 aliphatic heterocycles. The van der Waals surface area contributed by atoms with Gasteiger partial charge in [0.15, 0.2) is 5.16 Å². The van der Waals surface area contributed by atoms with Crippen molar-refractivity contribution in [2.75, 3.05) is 26.1 Å². The number of nitrogens with zero attached hydrogens (tertiary/aromatic N) is 4. The number of ether oxygens (including phenoxy) is 1. The summed E-state index contributed by atoms with van der Waals surface area (Å²) in [5.41, 5.74) is 2.88. The van der Waals surface area contributed by atoms with Crippen LogP contribution in [0.1, 0.15) is 5.69 Å². The Balaban J connectivity index is 1.75. The van der Waals surface area contributed by atoms with Gasteiger partial charge in [-0.3, -0.25) is 0 Å². The Morgan fingerprint density at radius 3 is 2.86 bits per heavy atom. The van der Waals surface area contributed by atoms with Gasteiger partial charge in [0.2, 0.25) is 0 Å². The predicted molar refractivity (Wildman–Crippen MR) is 88.6 cm³/mol. The average Bonchev–Trinajstić information content (AvgIpc) is 2.95. The number of aromatic nitrogens is 4. The topological polar surface area (TPSA) is 66.9 Å². The Morgan fingerprint density at radius 1 is 1.23 bits per heavy atom. The van der Waals surface area contributed by atoms with Crippen LogP contribution in [0.15, 0.2) is 35.7 Å². The van der Waals surface area contributed by atoms with Crippen molar-refractivity contribution in [1.82, 2.24) is 19.9 Å². The first-order chi connectivity index (χ1) is 10.7. The number of methoxy groups -OCH3 is 1. The average molecular weight is 315 g/mol. The summed E-state index contributed by atoms with van der Waals surface area (Å²) in [5, 5.41) is 0.869. The van der Waals surface area contributed by atoms with Gasteiger partial charge in [-0.25, -0.2) is 15.0 Å². The van der Waals surface area contributed by atoms with Gasteiger partial charge in [-0.1, -0.05) is 11.8 Å². The molecule has 0 aliphatic carbocycles. The smallest absolute Gasteiger partial charge is 0.166 e. The molecule has 0 bridgehead atoms. The lowest BCUT2D eigenvalue weighted by molar-refractivity contribution is 0.415. The van der Waals surface area contributed by atoms with Crippen LogP contribution in [0.3, 0.4) is 0 Å². The lowest BCUT2D eigenvalue weighted by atomic mass is 10.3. The van der Waals surface area contributed by atoms with Gasteiger partial charge in [0.1, 0.15) is 17.9 Å². The van der Waals surface area contributed by atoms with E-state index in [9.17, 15) is 0 Å². The third-order valence-corrected chi connectivity index (χ3v) is 4.10. The number of rotatable bonds is 5. The van der Waals surface area contributed by atoms with Crippen LogP contribution >= 0.6 is 11.8 Å². The third-order valence-electron chi connectivity index (χ3n) is 3.19. The van der Waals surface area contributed by atoms with Crippen molar-refractivity contribution in [3.05, 3.63) is 36.3 Å². The second-order valence-electron chi connectivity index (χ2n) is 4.98. The molecule has 0 spiro atoms. The summed E-state index contributed by atoms with van der Waals surface area (Å²) in [6, 6.07) is 7.80. The molecule has 0 saturated heterocycles. The molecule has 7 heteroatoms. The van der Waals surface area contributed by atoms with Gasteiger partial charge in [-0.05, 0) is 12.1 Å². The Hall–Kier alpha value is -2.28. The summed E-state index contributed by atoms with van der Waals surface area (Å²) in [4.78, 5) is 18.3. The van der Waals surface area contributed by atoms with E-state index in [1.165, 1.54) is 0 Å². The number of nitrogens with one attached hydrogen (secondary N) is 1. The van der Waals surface area contributed by atoms with E-state index in [0.717, 1.165) is 39.2 Å². The fourth-order valence-corrected chi connectivity index (χ4v) is 2.80. The number of hydrogen-bond acceptors (Lipinski definition) is 6. The number of benzene rings is 1. The van der Waals surface area contributed by atoms with Crippen LogP contribution in [0.25, 0.3) is 11.0 Å². The predicted octanol–water partition coefficient (Wildman–Crippen LogP) is 2.72. The number of thioether (sulfide) groups is 1. The van der Waals surface area contributed by atoms with Gasteiger partial charge in [0, 0.05) is 32.0 Å². The normalized spacial score (nSPS) is 10.9. The molecule has 0 amide bonds. The summed E-state index contributed by atoms with van der Waals surface area (Å²) in [6.45, 7) is 0. The van der Waals surface area contributed by atoms with E-state index >= 15 is 0 Å². The van der Waals surface area contributed by atoms with Crippen molar-refractivity contribution in [1.29, 1.82) is 0 Å². The first-order valence-corrected chi connectivity index (χ1v) is 7.79. The van der Waals surface area contributed by atoms with E-state index < -0.39 is 0 Å². The zero-order valence-electron chi connectivity index (χ0n) is 12.7. The standard InChI is InChI=1S/C15H17N5OS/c1-20(2)14-6-10(16-9-17-14)8-22-15-18-12-5-4-11(21-3)7-13(12)19-15/h4-7,9H,8H2,1-3H3,(H,18,19). The van der Waals surface area contributed by atoms with Crippen LogP contribution in [-0.2, 0) is 5.75 Å². The minimum absolute atomic E-state index is 0.736. The molecule has 0 atom stereocenters. The number of hydrogen-bond donors (Lipinski definition) is 1. The first-order valence-electron chi connectivity index (χ1n) is 6.80. The Bertz CT molecular complexity index is 786. The van der Waals surface area contributed by atoms with E-state index in [4.69, 9.17) is 4.74 Å². The molecular formula is C15H17N5OS. The fourth-order valence-electron chi connectivity index (χ4n) is 2.01. The molecule has 2 aromatic heterocycles. The fraction of sp³-hybridized carbons (Fsp3) is 0.267. The van der Waals surface area contributed by atoms with Crippen LogP contribution in [0.2, 0.25) is 0 Å². The van der Waals surface area contributed by atoms with Crippen molar-refractivity contribution in [3.8, 4) is 5.75 Å². The van der Waals surface area contributed by atoms with Crippen molar-refractivity contribution < 1.29 is 4.74 Å². The molecule has 0 unspecified atom stereocenters. The van der Waals surface area contributed by atoms with Crippen LogP contribution in [-0.4, -0.2) is 41.1 Å². The lowest BCUT2D eigenvalue weighted by Gasteiger charge is -2.11. The maximum absolute atomic E-state index is 5.21. The highest BCUT2D eigenvalue weighted by Crippen LogP contribution is 2.25. The molecule has 22 heavy (non-hydrogen) atoms. The zero-order chi connectivity index (χ0) is 15.5. The number of aromatic amines is 1. The van der Waals surface area contributed by atoms with Crippen molar-refractivity contribution in [3.63, 3.8) is 0 Å². The van der Waals surface area contributed by atoms with Crippen LogP contribution in [0.4, 0.5) is 5.82 Å². The highest BCUT2D eigenvalue weighted by atomic mass is 32.2. The van der Waals surface area contributed by atoms with Crippen molar-refractivity contribution in [2.24, 2.45) is 0 Å². The highest BCUT2D eigenvalue weighted by molar-refractivity contribution is 7.98. The molecule has 1 N–H and O–H groups in total. The Labute approximate surface area is 132 Å². The third kappa shape index (κ3) is 3.14. The molecule has 114 valence electrons. The maximum Gasteiger partial charge on any atom is 0.166 e. The van der Waals surface area contributed by atoms with Gasteiger partial charge in [0.05, 0.1) is 23.8 Å². The summed E-state index contributed by atoms with van der Waals surface area (Å²) in [6.07, 6.45) is 1.59. The van der Waals surface area contributed by atoms with Gasteiger partial charge in [-0.15, -0.1) is 0 Å². The molecule has 0 radical (unpaired) electrons. The molecule has 3 aromatic rings. The van der Waals surface area contributed by atoms with E-state index in [0.29, 0.717) is 0 Å². The minimum atomic E-state index is 0.736.